The predicted molar refractivity (Wildman–Crippen MR) is 116 cm³/mol. The van der Waals surface area contributed by atoms with Crippen molar-refractivity contribution in [1.82, 2.24) is 30.0 Å². The highest BCUT2D eigenvalue weighted by Gasteiger charge is 2.21. The molecule has 164 valence electrons. The Hall–Kier alpha value is -3.88. The molecule has 3 heterocycles. The Labute approximate surface area is 184 Å². The summed E-state index contributed by atoms with van der Waals surface area (Å²) in [7, 11) is 0. The van der Waals surface area contributed by atoms with Gasteiger partial charge in [-0.05, 0) is 36.8 Å². The average molecular weight is 434 g/mol. The minimum absolute atomic E-state index is 0.211. The van der Waals surface area contributed by atoms with Gasteiger partial charge in [-0.15, -0.1) is 0 Å². The van der Waals surface area contributed by atoms with Crippen LogP contribution in [0.15, 0.2) is 59.6 Å². The van der Waals surface area contributed by atoms with Crippen molar-refractivity contribution < 1.29 is 13.7 Å². The Kier molecular flexibility index (Phi) is 5.56. The van der Waals surface area contributed by atoms with Gasteiger partial charge in [0.2, 0.25) is 0 Å². The van der Waals surface area contributed by atoms with Crippen LogP contribution in [0, 0.1) is 5.82 Å². The molecular weight excluding hydrogens is 411 g/mol. The number of imidazole rings is 1. The molecule has 4 aromatic rings. The Balaban J connectivity index is 1.45. The van der Waals surface area contributed by atoms with Crippen molar-refractivity contribution in [2.45, 2.75) is 39.2 Å². The van der Waals surface area contributed by atoms with E-state index >= 15 is 0 Å². The molecule has 0 bridgehead atoms. The predicted octanol–water partition coefficient (Wildman–Crippen LogP) is 4.24. The summed E-state index contributed by atoms with van der Waals surface area (Å²) >= 11 is 0. The second-order valence-electron chi connectivity index (χ2n) is 8.49. The summed E-state index contributed by atoms with van der Waals surface area (Å²) in [6, 6.07) is 9.30. The average Bonchev–Trinajstić information content (AvgIpc) is 3.44. The highest BCUT2D eigenvalue weighted by molar-refractivity contribution is 5.92. The lowest BCUT2D eigenvalue weighted by Gasteiger charge is -2.13. The number of pyridine rings is 1. The fraction of sp³-hybridized carbons (Fsp3) is 0.261. The summed E-state index contributed by atoms with van der Waals surface area (Å²) in [5, 5.41) is 6.88. The van der Waals surface area contributed by atoms with Gasteiger partial charge in [0, 0.05) is 17.8 Å². The van der Waals surface area contributed by atoms with Gasteiger partial charge in [0.05, 0.1) is 11.6 Å². The molecule has 0 fully saturated rings. The van der Waals surface area contributed by atoms with Crippen LogP contribution in [0.5, 0.6) is 0 Å². The molecule has 0 radical (unpaired) electrons. The molecular formula is C23H23FN6O2. The van der Waals surface area contributed by atoms with Gasteiger partial charge in [-0.25, -0.2) is 14.4 Å². The number of carbonyl (C=O) groups excluding carboxylic acids is 1. The van der Waals surface area contributed by atoms with E-state index in [9.17, 15) is 9.18 Å². The van der Waals surface area contributed by atoms with Crippen molar-refractivity contribution in [3.8, 4) is 17.3 Å². The van der Waals surface area contributed by atoms with E-state index < -0.39 is 0 Å². The minimum atomic E-state index is -0.335. The summed E-state index contributed by atoms with van der Waals surface area (Å²) in [4.78, 5) is 25.6. The number of rotatable bonds is 5. The van der Waals surface area contributed by atoms with Crippen molar-refractivity contribution in [1.29, 1.82) is 0 Å². The van der Waals surface area contributed by atoms with E-state index in [-0.39, 0.29) is 28.9 Å². The molecule has 4 rings (SSSR count). The zero-order valence-electron chi connectivity index (χ0n) is 18.2. The van der Waals surface area contributed by atoms with Gasteiger partial charge in [0.15, 0.2) is 5.82 Å². The summed E-state index contributed by atoms with van der Waals surface area (Å²) in [5.74, 6) is 0.949. The molecule has 0 aliphatic heterocycles. The first kappa shape index (κ1) is 21.4. The molecule has 9 heteroatoms. The number of halogens is 1. The van der Waals surface area contributed by atoms with Crippen LogP contribution >= 0.6 is 0 Å². The van der Waals surface area contributed by atoms with Crippen LogP contribution in [0.3, 0.4) is 0 Å². The number of amides is 1. The van der Waals surface area contributed by atoms with Crippen molar-refractivity contribution in [2.24, 2.45) is 0 Å². The molecule has 0 saturated heterocycles. The SMILES string of the molecule is C[C@H](NC(=O)c1cn(-c2ccc(-c3nc(C(C)(C)C)no3)cn2)cn1)c1ccc(F)cc1. The van der Waals surface area contributed by atoms with Crippen LogP contribution in [0.2, 0.25) is 0 Å². The molecule has 32 heavy (non-hydrogen) atoms. The van der Waals surface area contributed by atoms with Gasteiger partial charge in [0.1, 0.15) is 23.7 Å². The van der Waals surface area contributed by atoms with Gasteiger partial charge >= 0.3 is 0 Å². The number of benzene rings is 1. The van der Waals surface area contributed by atoms with E-state index in [2.05, 4.69) is 25.4 Å². The molecule has 3 aromatic heterocycles. The highest BCUT2D eigenvalue weighted by atomic mass is 19.1. The molecule has 0 saturated carbocycles. The van der Waals surface area contributed by atoms with E-state index in [1.54, 1.807) is 35.2 Å². The Bertz CT molecular complexity index is 1220. The zero-order valence-corrected chi connectivity index (χ0v) is 18.2. The van der Waals surface area contributed by atoms with Crippen molar-refractivity contribution >= 4 is 5.91 Å². The number of hydrogen-bond acceptors (Lipinski definition) is 6. The second-order valence-corrected chi connectivity index (χ2v) is 8.49. The summed E-state index contributed by atoms with van der Waals surface area (Å²) in [6.45, 7) is 7.85. The third-order valence-electron chi connectivity index (χ3n) is 4.89. The molecule has 0 spiro atoms. The lowest BCUT2D eigenvalue weighted by atomic mass is 9.96. The smallest absolute Gasteiger partial charge is 0.271 e. The van der Waals surface area contributed by atoms with Gasteiger partial charge in [-0.3, -0.25) is 9.36 Å². The fourth-order valence-electron chi connectivity index (χ4n) is 2.98. The minimum Gasteiger partial charge on any atom is -0.344 e. The highest BCUT2D eigenvalue weighted by Crippen LogP contribution is 2.23. The van der Waals surface area contributed by atoms with Crippen LogP contribution in [-0.2, 0) is 5.41 Å². The van der Waals surface area contributed by atoms with Crippen molar-refractivity contribution in [2.75, 3.05) is 0 Å². The molecule has 0 unspecified atom stereocenters. The summed E-state index contributed by atoms with van der Waals surface area (Å²) in [6.07, 6.45) is 4.74. The van der Waals surface area contributed by atoms with E-state index in [0.29, 0.717) is 23.1 Å². The number of hydrogen-bond donors (Lipinski definition) is 1. The molecule has 0 aliphatic rings. The lowest BCUT2D eigenvalue weighted by molar-refractivity contribution is 0.0935. The molecule has 8 nitrogen and oxygen atoms in total. The van der Waals surface area contributed by atoms with Crippen molar-refractivity contribution in [3.63, 3.8) is 0 Å². The molecule has 1 aromatic carbocycles. The summed E-state index contributed by atoms with van der Waals surface area (Å²) < 4.78 is 20.1. The second kappa shape index (κ2) is 8.33. The van der Waals surface area contributed by atoms with Crippen LogP contribution < -0.4 is 5.32 Å². The van der Waals surface area contributed by atoms with Crippen LogP contribution in [0.25, 0.3) is 17.3 Å². The molecule has 1 atom stereocenters. The Morgan fingerprint density at radius 1 is 1.12 bits per heavy atom. The first-order valence-corrected chi connectivity index (χ1v) is 10.1. The van der Waals surface area contributed by atoms with Gasteiger partial charge < -0.3 is 9.84 Å². The van der Waals surface area contributed by atoms with Gasteiger partial charge in [-0.1, -0.05) is 38.1 Å². The monoisotopic (exact) mass is 434 g/mol. The topological polar surface area (TPSA) is 98.7 Å². The quantitative estimate of drug-likeness (QED) is 0.504. The van der Waals surface area contributed by atoms with Crippen LogP contribution in [0.1, 0.15) is 55.6 Å². The Morgan fingerprint density at radius 2 is 1.88 bits per heavy atom. The standard InChI is InChI=1S/C23H23FN6O2/c1-14(15-5-8-17(24)9-6-15)27-20(31)18-12-30(13-26-18)19-10-7-16(11-25-19)21-28-22(29-32-21)23(2,3)4/h5-14H,1-4H3,(H,27,31)/t14-/m0/s1. The largest absolute Gasteiger partial charge is 0.344 e. The maximum Gasteiger partial charge on any atom is 0.271 e. The number of nitrogens with one attached hydrogen (secondary N) is 1. The maximum atomic E-state index is 13.1. The maximum absolute atomic E-state index is 13.1. The van der Waals surface area contributed by atoms with Gasteiger partial charge in [-0.2, -0.15) is 4.98 Å². The fourth-order valence-corrected chi connectivity index (χ4v) is 2.98. The third kappa shape index (κ3) is 4.56. The summed E-state index contributed by atoms with van der Waals surface area (Å²) in [5.41, 5.74) is 1.53. The number of carbonyl (C=O) groups is 1. The third-order valence-corrected chi connectivity index (χ3v) is 4.89. The normalized spacial score (nSPS) is 12.5. The Morgan fingerprint density at radius 3 is 2.50 bits per heavy atom. The van der Waals surface area contributed by atoms with Crippen LogP contribution in [-0.4, -0.2) is 30.6 Å². The molecule has 0 aliphatic carbocycles. The van der Waals surface area contributed by atoms with E-state index in [0.717, 1.165) is 5.56 Å². The molecule has 1 amide bonds. The lowest BCUT2D eigenvalue weighted by Crippen LogP contribution is -2.26. The molecule has 1 N–H and O–H groups in total. The van der Waals surface area contributed by atoms with E-state index in [1.807, 2.05) is 33.8 Å². The number of aromatic nitrogens is 5. The van der Waals surface area contributed by atoms with Crippen molar-refractivity contribution in [3.05, 3.63) is 78.0 Å². The first-order valence-electron chi connectivity index (χ1n) is 10.1. The zero-order chi connectivity index (χ0) is 22.9. The number of nitrogens with zero attached hydrogens (tertiary/aromatic N) is 5. The first-order chi connectivity index (χ1) is 15.2. The van der Waals surface area contributed by atoms with Gasteiger partial charge in [0.25, 0.3) is 11.8 Å². The van der Waals surface area contributed by atoms with Crippen LogP contribution in [0.4, 0.5) is 4.39 Å². The van der Waals surface area contributed by atoms with E-state index in [4.69, 9.17) is 4.52 Å². The van der Waals surface area contributed by atoms with E-state index in [1.165, 1.54) is 18.5 Å².